The third-order valence-electron chi connectivity index (χ3n) is 3.09. The third kappa shape index (κ3) is 3.55. The van der Waals surface area contributed by atoms with Crippen LogP contribution in [0.3, 0.4) is 0 Å². The molecular weight excluding hydrogens is 238 g/mol. The summed E-state index contributed by atoms with van der Waals surface area (Å²) in [6, 6.07) is 1.48. The Morgan fingerprint density at radius 1 is 1.47 bits per heavy atom. The lowest BCUT2D eigenvalue weighted by atomic mass is 10.0. The van der Waals surface area contributed by atoms with Gasteiger partial charge in [-0.05, 0) is 18.9 Å². The summed E-state index contributed by atoms with van der Waals surface area (Å²) in [6.07, 6.45) is 2.40. The highest BCUT2D eigenvalue weighted by Crippen LogP contribution is 2.14. The van der Waals surface area contributed by atoms with Crippen molar-refractivity contribution in [1.29, 1.82) is 0 Å². The third-order valence-corrected chi connectivity index (χ3v) is 4.62. The molecule has 1 aromatic heterocycles. The van der Waals surface area contributed by atoms with E-state index >= 15 is 0 Å². The highest BCUT2D eigenvalue weighted by molar-refractivity contribution is 7.89. The van der Waals surface area contributed by atoms with Crippen molar-refractivity contribution in [3.05, 3.63) is 18.0 Å². The summed E-state index contributed by atoms with van der Waals surface area (Å²) in [5, 5.41) is 0. The predicted octanol–water partition coefficient (Wildman–Crippen LogP) is 1.19. The first-order valence-electron chi connectivity index (χ1n) is 5.80. The minimum atomic E-state index is -3.44. The summed E-state index contributed by atoms with van der Waals surface area (Å²) in [6.45, 7) is 6.24. The van der Waals surface area contributed by atoms with Crippen LogP contribution in [-0.2, 0) is 16.6 Å². The Kier molecular flexibility index (Phi) is 4.73. The fraction of sp³-hybridized carbons (Fsp3) is 0.636. The Labute approximate surface area is 103 Å². The zero-order valence-electron chi connectivity index (χ0n) is 10.5. The first-order chi connectivity index (χ1) is 7.90. The van der Waals surface area contributed by atoms with Crippen molar-refractivity contribution in [3.63, 3.8) is 0 Å². The maximum atomic E-state index is 12.0. The molecule has 0 aliphatic carbocycles. The molecule has 2 atom stereocenters. The van der Waals surface area contributed by atoms with Crippen molar-refractivity contribution in [2.75, 3.05) is 0 Å². The normalized spacial score (nSPS) is 15.8. The van der Waals surface area contributed by atoms with Crippen molar-refractivity contribution in [1.82, 2.24) is 9.71 Å². The quantitative estimate of drug-likeness (QED) is 0.717. The first-order valence-corrected chi connectivity index (χ1v) is 7.28. The SMILES string of the molecule is CCC(C)C(C)NS(=O)(=O)c1c[nH]c(CN)c1. The number of nitrogens with one attached hydrogen (secondary N) is 2. The smallest absolute Gasteiger partial charge is 0.242 e. The van der Waals surface area contributed by atoms with Crippen LogP contribution < -0.4 is 10.5 Å². The van der Waals surface area contributed by atoms with Gasteiger partial charge in [0.2, 0.25) is 10.0 Å². The van der Waals surface area contributed by atoms with Crippen LogP contribution in [0.4, 0.5) is 0 Å². The van der Waals surface area contributed by atoms with Crippen molar-refractivity contribution in [2.24, 2.45) is 11.7 Å². The van der Waals surface area contributed by atoms with E-state index in [0.717, 1.165) is 6.42 Å². The number of aromatic nitrogens is 1. The molecule has 0 spiro atoms. The minimum absolute atomic E-state index is 0.0822. The Morgan fingerprint density at radius 3 is 2.59 bits per heavy atom. The van der Waals surface area contributed by atoms with Crippen molar-refractivity contribution >= 4 is 10.0 Å². The van der Waals surface area contributed by atoms with E-state index in [0.29, 0.717) is 18.2 Å². The molecule has 0 aromatic carbocycles. The zero-order valence-corrected chi connectivity index (χ0v) is 11.3. The second-order valence-corrected chi connectivity index (χ2v) is 6.07. The number of H-pyrrole nitrogens is 1. The van der Waals surface area contributed by atoms with Crippen molar-refractivity contribution in [3.8, 4) is 0 Å². The van der Waals surface area contributed by atoms with Gasteiger partial charge in [0.25, 0.3) is 0 Å². The average Bonchev–Trinajstić information content (AvgIpc) is 2.76. The molecule has 1 rings (SSSR count). The first kappa shape index (κ1) is 14.2. The van der Waals surface area contributed by atoms with Gasteiger partial charge in [-0.2, -0.15) is 0 Å². The molecule has 0 radical (unpaired) electrons. The van der Waals surface area contributed by atoms with Crippen molar-refractivity contribution < 1.29 is 8.42 Å². The predicted molar refractivity (Wildman–Crippen MR) is 67.9 cm³/mol. The number of hydrogen-bond donors (Lipinski definition) is 3. The van der Waals surface area contributed by atoms with Gasteiger partial charge in [-0.25, -0.2) is 13.1 Å². The highest BCUT2D eigenvalue weighted by Gasteiger charge is 2.21. The number of rotatable bonds is 6. The molecule has 1 aromatic rings. The summed E-state index contributed by atoms with van der Waals surface area (Å²) in [5.41, 5.74) is 6.14. The molecule has 0 bridgehead atoms. The van der Waals surface area contributed by atoms with E-state index in [1.807, 2.05) is 20.8 Å². The van der Waals surface area contributed by atoms with Gasteiger partial charge in [-0.15, -0.1) is 0 Å². The van der Waals surface area contributed by atoms with E-state index in [1.165, 1.54) is 6.20 Å². The maximum Gasteiger partial charge on any atom is 0.242 e. The molecule has 0 aliphatic rings. The van der Waals surface area contributed by atoms with Crippen LogP contribution in [0.5, 0.6) is 0 Å². The van der Waals surface area contributed by atoms with Gasteiger partial charge in [-0.1, -0.05) is 20.3 Å². The number of hydrogen-bond acceptors (Lipinski definition) is 3. The molecule has 0 saturated heterocycles. The van der Waals surface area contributed by atoms with Gasteiger partial charge in [0.1, 0.15) is 0 Å². The standard InChI is InChI=1S/C11H21N3O2S/c1-4-8(2)9(3)14-17(15,16)11-5-10(6-12)13-7-11/h5,7-9,13-14H,4,6,12H2,1-3H3. The fourth-order valence-electron chi connectivity index (χ4n) is 1.47. The second-order valence-electron chi connectivity index (χ2n) is 4.36. The van der Waals surface area contributed by atoms with Gasteiger partial charge in [0.15, 0.2) is 0 Å². The summed E-state index contributed by atoms with van der Waals surface area (Å²) in [7, 11) is -3.44. The molecule has 6 heteroatoms. The van der Waals surface area contributed by atoms with E-state index in [2.05, 4.69) is 9.71 Å². The average molecular weight is 259 g/mol. The largest absolute Gasteiger partial charge is 0.363 e. The molecular formula is C11H21N3O2S. The lowest BCUT2D eigenvalue weighted by Crippen LogP contribution is -2.36. The number of aromatic amines is 1. The molecule has 5 nitrogen and oxygen atoms in total. The minimum Gasteiger partial charge on any atom is -0.363 e. The van der Waals surface area contributed by atoms with Gasteiger partial charge in [0.05, 0.1) is 4.90 Å². The monoisotopic (exact) mass is 259 g/mol. The molecule has 0 saturated carbocycles. The Hall–Kier alpha value is -0.850. The topological polar surface area (TPSA) is 88.0 Å². The summed E-state index contributed by atoms with van der Waals surface area (Å²) in [5.74, 6) is 0.303. The Bertz CT molecular complexity index is 453. The van der Waals surface area contributed by atoms with Gasteiger partial charge in [-0.3, -0.25) is 0 Å². The lowest BCUT2D eigenvalue weighted by Gasteiger charge is -2.19. The van der Waals surface area contributed by atoms with E-state index in [1.54, 1.807) is 6.07 Å². The van der Waals surface area contributed by atoms with Crippen LogP contribution in [0.25, 0.3) is 0 Å². The van der Waals surface area contributed by atoms with Crippen LogP contribution in [0.2, 0.25) is 0 Å². The van der Waals surface area contributed by atoms with E-state index in [-0.39, 0.29) is 10.9 Å². The maximum absolute atomic E-state index is 12.0. The van der Waals surface area contributed by atoms with E-state index in [9.17, 15) is 8.42 Å². The van der Waals surface area contributed by atoms with Crippen LogP contribution in [0.1, 0.15) is 32.9 Å². The van der Waals surface area contributed by atoms with Crippen molar-refractivity contribution in [2.45, 2.75) is 44.7 Å². The van der Waals surface area contributed by atoms with E-state index in [4.69, 9.17) is 5.73 Å². The van der Waals surface area contributed by atoms with Crippen LogP contribution in [0.15, 0.2) is 17.2 Å². The summed E-state index contributed by atoms with van der Waals surface area (Å²) < 4.78 is 26.7. The molecule has 0 fully saturated rings. The molecule has 2 unspecified atom stereocenters. The Morgan fingerprint density at radius 2 is 2.12 bits per heavy atom. The van der Waals surface area contributed by atoms with Crippen LogP contribution >= 0.6 is 0 Å². The highest BCUT2D eigenvalue weighted by atomic mass is 32.2. The summed E-state index contributed by atoms with van der Waals surface area (Å²) in [4.78, 5) is 3.08. The molecule has 98 valence electrons. The molecule has 4 N–H and O–H groups in total. The number of nitrogens with two attached hydrogens (primary N) is 1. The second kappa shape index (κ2) is 5.66. The molecule has 0 amide bonds. The fourth-order valence-corrected chi connectivity index (χ4v) is 2.84. The molecule has 1 heterocycles. The van der Waals surface area contributed by atoms with Crippen LogP contribution in [-0.4, -0.2) is 19.4 Å². The van der Waals surface area contributed by atoms with Crippen LogP contribution in [0, 0.1) is 5.92 Å². The van der Waals surface area contributed by atoms with Gasteiger partial charge in [0, 0.05) is 24.5 Å². The van der Waals surface area contributed by atoms with Gasteiger partial charge < -0.3 is 10.7 Å². The van der Waals surface area contributed by atoms with E-state index < -0.39 is 10.0 Å². The Balaban J connectivity index is 2.81. The molecule has 17 heavy (non-hydrogen) atoms. The lowest BCUT2D eigenvalue weighted by molar-refractivity contribution is 0.434. The molecule has 0 aliphatic heterocycles. The zero-order chi connectivity index (χ0) is 13.1. The number of sulfonamides is 1. The van der Waals surface area contributed by atoms with Gasteiger partial charge >= 0.3 is 0 Å². The summed E-state index contributed by atoms with van der Waals surface area (Å²) >= 11 is 0.